The van der Waals surface area contributed by atoms with Crippen LogP contribution in [-0.4, -0.2) is 69.2 Å². The highest BCUT2D eigenvalue weighted by atomic mass is 16.5. The Balaban J connectivity index is 1.29. The predicted octanol–water partition coefficient (Wildman–Crippen LogP) is 9.01. The Bertz CT molecular complexity index is 1050. The van der Waals surface area contributed by atoms with Crippen LogP contribution in [0.1, 0.15) is 121 Å². The smallest absolute Gasteiger partial charge is 0.161 e. The predicted molar refractivity (Wildman–Crippen MR) is 197 cm³/mol. The molecule has 2 atom stereocenters. The molecule has 0 radical (unpaired) electrons. The number of methoxy groups -OCH3 is 1. The van der Waals surface area contributed by atoms with Crippen LogP contribution in [0.3, 0.4) is 0 Å². The second-order valence-electron chi connectivity index (χ2n) is 14.0. The summed E-state index contributed by atoms with van der Waals surface area (Å²) >= 11 is 0. The number of likely N-dealkylation sites (N-methyl/N-ethyl adjacent to an activating group) is 1. The summed E-state index contributed by atoms with van der Waals surface area (Å²) in [5.41, 5.74) is 2.44. The molecule has 0 saturated carbocycles. The lowest BCUT2D eigenvalue weighted by atomic mass is 9.99. The van der Waals surface area contributed by atoms with Crippen LogP contribution in [0.4, 0.5) is 0 Å². The summed E-state index contributed by atoms with van der Waals surface area (Å²) in [6, 6.07) is 14.3. The zero-order valence-corrected chi connectivity index (χ0v) is 30.4. The molecule has 2 N–H and O–H groups in total. The van der Waals surface area contributed by atoms with Crippen LogP contribution in [0.5, 0.6) is 17.2 Å². The molecule has 2 unspecified atom stereocenters. The number of aliphatic hydroxyl groups is 1. The fourth-order valence-electron chi connectivity index (χ4n) is 6.61. The van der Waals surface area contributed by atoms with Gasteiger partial charge < -0.3 is 24.6 Å². The molecular weight excluding hydrogens is 584 g/mol. The number of aliphatic hydroxyl groups excluding tert-OH is 1. The fourth-order valence-corrected chi connectivity index (χ4v) is 6.61. The van der Waals surface area contributed by atoms with Gasteiger partial charge in [-0.2, -0.15) is 0 Å². The van der Waals surface area contributed by atoms with Crippen LogP contribution in [0.15, 0.2) is 42.5 Å². The Morgan fingerprint density at radius 3 is 1.98 bits per heavy atom. The maximum atomic E-state index is 11.0. The molecule has 6 heteroatoms. The lowest BCUT2D eigenvalue weighted by Crippen LogP contribution is -2.42. The average molecular weight is 653 g/mol. The number of rotatable bonds is 26. The van der Waals surface area contributed by atoms with Crippen molar-refractivity contribution in [3.8, 4) is 17.2 Å². The van der Waals surface area contributed by atoms with E-state index in [0.717, 1.165) is 54.8 Å². The van der Waals surface area contributed by atoms with Gasteiger partial charge in [-0.1, -0.05) is 109 Å². The van der Waals surface area contributed by atoms with Gasteiger partial charge >= 0.3 is 0 Å². The van der Waals surface area contributed by atoms with E-state index in [9.17, 15) is 5.11 Å². The van der Waals surface area contributed by atoms with Crippen molar-refractivity contribution in [1.29, 1.82) is 0 Å². The lowest BCUT2D eigenvalue weighted by Gasteiger charge is -2.30. The first-order valence-corrected chi connectivity index (χ1v) is 19.1. The van der Waals surface area contributed by atoms with Gasteiger partial charge in [0.15, 0.2) is 11.5 Å². The van der Waals surface area contributed by atoms with Crippen LogP contribution < -0.4 is 19.5 Å². The summed E-state index contributed by atoms with van der Waals surface area (Å²) in [4.78, 5) is 2.48. The molecule has 1 saturated heterocycles. The van der Waals surface area contributed by atoms with E-state index in [4.69, 9.17) is 14.2 Å². The summed E-state index contributed by atoms with van der Waals surface area (Å²) in [6.07, 6.45) is 21.6. The molecular formula is C41H68N2O4. The van der Waals surface area contributed by atoms with E-state index in [2.05, 4.69) is 42.3 Å². The Hall–Kier alpha value is -2.28. The van der Waals surface area contributed by atoms with E-state index in [1.807, 2.05) is 31.3 Å². The van der Waals surface area contributed by atoms with Gasteiger partial charge in [-0.15, -0.1) is 0 Å². The summed E-state index contributed by atoms with van der Waals surface area (Å²) in [5.74, 6) is 3.13. The summed E-state index contributed by atoms with van der Waals surface area (Å²) in [7, 11) is 3.57. The summed E-state index contributed by atoms with van der Waals surface area (Å²) < 4.78 is 17.7. The SMILES string of the molecule is CCCCCCCCCCCCCCCc1ccc(OCC(O)C(Cc2ccc(OCCN3CCC(C)CC3)c(OC)c2)NC)cc1. The van der Waals surface area contributed by atoms with Crippen LogP contribution in [-0.2, 0) is 12.8 Å². The number of nitrogens with zero attached hydrogens (tertiary/aromatic N) is 1. The number of nitrogens with one attached hydrogen (secondary N) is 1. The van der Waals surface area contributed by atoms with Crippen molar-refractivity contribution >= 4 is 0 Å². The molecule has 3 rings (SSSR count). The van der Waals surface area contributed by atoms with Crippen LogP contribution in [0.2, 0.25) is 0 Å². The van der Waals surface area contributed by atoms with E-state index in [-0.39, 0.29) is 12.6 Å². The summed E-state index contributed by atoms with van der Waals surface area (Å²) in [6.45, 7) is 8.76. The van der Waals surface area contributed by atoms with Gasteiger partial charge in [-0.3, -0.25) is 4.90 Å². The number of aryl methyl sites for hydroxylation is 1. The molecule has 1 aliphatic rings. The van der Waals surface area contributed by atoms with E-state index >= 15 is 0 Å². The average Bonchev–Trinajstić information content (AvgIpc) is 3.10. The van der Waals surface area contributed by atoms with E-state index < -0.39 is 6.10 Å². The second kappa shape index (κ2) is 23.9. The summed E-state index contributed by atoms with van der Waals surface area (Å²) in [5, 5.41) is 14.2. The third-order valence-electron chi connectivity index (χ3n) is 9.97. The molecule has 0 spiro atoms. The fraction of sp³-hybridized carbons (Fsp3) is 0.707. The number of benzene rings is 2. The van der Waals surface area contributed by atoms with Crippen LogP contribution in [0.25, 0.3) is 0 Å². The van der Waals surface area contributed by atoms with E-state index in [1.54, 1.807) is 7.11 Å². The Kier molecular flexibility index (Phi) is 20.0. The molecule has 2 aromatic rings. The third kappa shape index (κ3) is 16.1. The standard InChI is InChI=1S/C41H68N2O4/c1-5-6-7-8-9-10-11-12-13-14-15-16-17-18-35-19-22-37(23-20-35)47-33-39(44)38(42-3)31-36-21-24-40(41(32-36)45-4)46-30-29-43-27-25-34(2)26-28-43/h19-24,32,34,38-39,42,44H,5-18,25-31,33H2,1-4H3. The molecule has 1 fully saturated rings. The molecule has 47 heavy (non-hydrogen) atoms. The minimum Gasteiger partial charge on any atom is -0.493 e. The van der Waals surface area contributed by atoms with Gasteiger partial charge in [0.1, 0.15) is 25.1 Å². The molecule has 0 bridgehead atoms. The molecule has 1 heterocycles. The molecule has 0 amide bonds. The first kappa shape index (κ1) is 39.2. The number of piperidine rings is 1. The minimum atomic E-state index is -0.653. The molecule has 6 nitrogen and oxygen atoms in total. The van der Waals surface area contributed by atoms with Gasteiger partial charge in [-0.05, 0) is 93.6 Å². The normalized spacial score (nSPS) is 15.4. The largest absolute Gasteiger partial charge is 0.493 e. The van der Waals surface area contributed by atoms with Crippen molar-refractivity contribution in [3.05, 3.63) is 53.6 Å². The molecule has 0 aliphatic carbocycles. The van der Waals surface area contributed by atoms with Crippen molar-refractivity contribution in [2.45, 2.75) is 135 Å². The monoisotopic (exact) mass is 653 g/mol. The zero-order valence-electron chi connectivity index (χ0n) is 30.4. The zero-order chi connectivity index (χ0) is 33.5. The van der Waals surface area contributed by atoms with Gasteiger partial charge in [-0.25, -0.2) is 0 Å². The van der Waals surface area contributed by atoms with Crippen LogP contribution in [0, 0.1) is 5.92 Å². The van der Waals surface area contributed by atoms with Gasteiger partial charge in [0.05, 0.1) is 7.11 Å². The maximum Gasteiger partial charge on any atom is 0.161 e. The van der Waals surface area contributed by atoms with Gasteiger partial charge in [0.25, 0.3) is 0 Å². The number of hydrogen-bond acceptors (Lipinski definition) is 6. The molecule has 1 aliphatic heterocycles. The van der Waals surface area contributed by atoms with Crippen molar-refractivity contribution in [2.75, 3.05) is 47.0 Å². The second-order valence-corrected chi connectivity index (χ2v) is 14.0. The van der Waals surface area contributed by atoms with Gasteiger partial charge in [0, 0.05) is 12.6 Å². The highest BCUT2D eigenvalue weighted by Crippen LogP contribution is 2.29. The Morgan fingerprint density at radius 1 is 0.787 bits per heavy atom. The Labute approximate surface area is 288 Å². The van der Waals surface area contributed by atoms with E-state index in [1.165, 1.54) is 102 Å². The first-order chi connectivity index (χ1) is 23.0. The topological polar surface area (TPSA) is 63.2 Å². The van der Waals surface area contributed by atoms with Gasteiger partial charge in [0.2, 0.25) is 0 Å². The highest BCUT2D eigenvalue weighted by Gasteiger charge is 2.20. The van der Waals surface area contributed by atoms with Crippen LogP contribution >= 0.6 is 0 Å². The Morgan fingerprint density at radius 2 is 1.38 bits per heavy atom. The van der Waals surface area contributed by atoms with Crippen molar-refractivity contribution in [2.24, 2.45) is 5.92 Å². The molecule has 2 aromatic carbocycles. The van der Waals surface area contributed by atoms with Crippen molar-refractivity contribution < 1.29 is 19.3 Å². The lowest BCUT2D eigenvalue weighted by molar-refractivity contribution is 0.0755. The third-order valence-corrected chi connectivity index (χ3v) is 9.97. The number of unbranched alkanes of at least 4 members (excludes halogenated alkanes) is 12. The minimum absolute atomic E-state index is 0.150. The van der Waals surface area contributed by atoms with Crippen molar-refractivity contribution in [1.82, 2.24) is 10.2 Å². The van der Waals surface area contributed by atoms with Crippen molar-refractivity contribution in [3.63, 3.8) is 0 Å². The number of ether oxygens (including phenoxy) is 3. The quantitative estimate of drug-likeness (QED) is 0.0990. The first-order valence-electron chi connectivity index (χ1n) is 19.1. The number of hydrogen-bond donors (Lipinski definition) is 2. The number of likely N-dealkylation sites (tertiary alicyclic amines) is 1. The highest BCUT2D eigenvalue weighted by molar-refractivity contribution is 5.43. The molecule has 266 valence electrons. The van der Waals surface area contributed by atoms with E-state index in [0.29, 0.717) is 13.0 Å². The molecule has 0 aromatic heterocycles. The maximum absolute atomic E-state index is 11.0.